The van der Waals surface area contributed by atoms with Gasteiger partial charge in [-0.2, -0.15) is 0 Å². The highest BCUT2D eigenvalue weighted by Gasteiger charge is 2.12. The summed E-state index contributed by atoms with van der Waals surface area (Å²) in [5, 5.41) is 12.1. The molecule has 3 rings (SSSR count). The monoisotopic (exact) mass is 294 g/mol. The van der Waals surface area contributed by atoms with Gasteiger partial charge in [0.05, 0.1) is 13.7 Å². The summed E-state index contributed by atoms with van der Waals surface area (Å²) < 4.78 is 10.6. The number of phenolic OH excluding ortho intramolecular Hbond substituents is 1. The van der Waals surface area contributed by atoms with E-state index in [0.717, 1.165) is 22.1 Å². The minimum atomic E-state index is 0.139. The average Bonchev–Trinajstić information content (AvgIpc) is 2.56. The van der Waals surface area contributed by atoms with E-state index in [2.05, 4.69) is 24.3 Å². The van der Waals surface area contributed by atoms with Crippen LogP contribution in [0.3, 0.4) is 0 Å². The molecule has 0 amide bonds. The second-order valence-corrected chi connectivity index (χ2v) is 5.14. The lowest BCUT2D eigenvalue weighted by atomic mass is 9.93. The molecular weight excluding hydrogens is 276 g/mol. The summed E-state index contributed by atoms with van der Waals surface area (Å²) in [7, 11) is 3.24. The summed E-state index contributed by atoms with van der Waals surface area (Å²) in [6, 6.07) is 17.8. The lowest BCUT2D eigenvalue weighted by Crippen LogP contribution is -1.94. The molecule has 0 saturated carbocycles. The maximum absolute atomic E-state index is 9.82. The van der Waals surface area contributed by atoms with Gasteiger partial charge in [0.25, 0.3) is 0 Å². The fraction of sp³-hybridized carbons (Fsp3) is 0.158. The molecule has 3 heteroatoms. The quantitative estimate of drug-likeness (QED) is 0.776. The highest BCUT2D eigenvalue weighted by Crippen LogP contribution is 2.37. The number of hydrogen-bond acceptors (Lipinski definition) is 3. The van der Waals surface area contributed by atoms with Gasteiger partial charge in [0.2, 0.25) is 0 Å². The van der Waals surface area contributed by atoms with Crippen molar-refractivity contribution < 1.29 is 14.6 Å². The highest BCUT2D eigenvalue weighted by atomic mass is 16.5. The first-order valence-electron chi connectivity index (χ1n) is 7.11. The van der Waals surface area contributed by atoms with Crippen LogP contribution in [0.25, 0.3) is 21.9 Å². The topological polar surface area (TPSA) is 38.7 Å². The molecule has 0 aliphatic carbocycles. The third-order valence-electron chi connectivity index (χ3n) is 3.78. The first-order chi connectivity index (χ1) is 10.7. The molecule has 3 aromatic carbocycles. The first kappa shape index (κ1) is 14.4. The van der Waals surface area contributed by atoms with Gasteiger partial charge in [-0.25, -0.2) is 0 Å². The van der Waals surface area contributed by atoms with Crippen LogP contribution in [-0.2, 0) is 11.3 Å². The van der Waals surface area contributed by atoms with E-state index < -0.39 is 0 Å². The first-order valence-corrected chi connectivity index (χ1v) is 7.11. The fourth-order valence-corrected chi connectivity index (χ4v) is 2.77. The van der Waals surface area contributed by atoms with Gasteiger partial charge in [-0.15, -0.1) is 0 Å². The van der Waals surface area contributed by atoms with Gasteiger partial charge in [0.1, 0.15) is 0 Å². The maximum atomic E-state index is 9.82. The van der Waals surface area contributed by atoms with Gasteiger partial charge in [0.15, 0.2) is 11.5 Å². The molecule has 0 spiro atoms. The van der Waals surface area contributed by atoms with Crippen LogP contribution in [0.15, 0.2) is 54.6 Å². The summed E-state index contributed by atoms with van der Waals surface area (Å²) in [5.74, 6) is 0.605. The van der Waals surface area contributed by atoms with Crippen molar-refractivity contribution >= 4 is 10.8 Å². The van der Waals surface area contributed by atoms with Crippen LogP contribution >= 0.6 is 0 Å². The van der Waals surface area contributed by atoms with Crippen molar-refractivity contribution in [2.24, 2.45) is 0 Å². The van der Waals surface area contributed by atoms with Crippen LogP contribution in [0.5, 0.6) is 11.5 Å². The molecule has 0 saturated heterocycles. The van der Waals surface area contributed by atoms with E-state index in [1.54, 1.807) is 20.3 Å². The third kappa shape index (κ3) is 2.51. The van der Waals surface area contributed by atoms with Gasteiger partial charge >= 0.3 is 0 Å². The van der Waals surface area contributed by atoms with Gasteiger partial charge in [0, 0.05) is 7.11 Å². The Labute approximate surface area is 129 Å². The Bertz CT molecular complexity index is 809. The van der Waals surface area contributed by atoms with Crippen molar-refractivity contribution in [3.8, 4) is 22.6 Å². The van der Waals surface area contributed by atoms with Crippen molar-refractivity contribution in [3.63, 3.8) is 0 Å². The molecule has 0 unspecified atom stereocenters. The number of aromatic hydroxyl groups is 1. The molecule has 0 atom stereocenters. The van der Waals surface area contributed by atoms with Crippen LogP contribution < -0.4 is 4.74 Å². The lowest BCUT2D eigenvalue weighted by molar-refractivity contribution is 0.185. The Morgan fingerprint density at radius 3 is 2.55 bits per heavy atom. The zero-order chi connectivity index (χ0) is 15.5. The predicted octanol–water partition coefficient (Wildman–Crippen LogP) is 4.37. The Morgan fingerprint density at radius 1 is 0.955 bits per heavy atom. The molecular formula is C19H18O3. The van der Waals surface area contributed by atoms with Crippen LogP contribution in [-0.4, -0.2) is 19.3 Å². The van der Waals surface area contributed by atoms with Crippen molar-refractivity contribution in [2.45, 2.75) is 6.61 Å². The second kappa shape index (κ2) is 6.08. The molecule has 3 nitrogen and oxygen atoms in total. The maximum Gasteiger partial charge on any atom is 0.161 e. The third-order valence-corrected chi connectivity index (χ3v) is 3.78. The molecule has 0 aromatic heterocycles. The minimum absolute atomic E-state index is 0.139. The molecule has 3 aromatic rings. The smallest absolute Gasteiger partial charge is 0.161 e. The van der Waals surface area contributed by atoms with Crippen LogP contribution in [0.4, 0.5) is 0 Å². The van der Waals surface area contributed by atoms with Gasteiger partial charge in [-0.1, -0.05) is 42.5 Å². The summed E-state index contributed by atoms with van der Waals surface area (Å²) in [4.78, 5) is 0. The standard InChI is InChI=1S/C19H18O3/c1-21-12-15-8-7-13-5-3-4-6-16(13)19(15)14-9-10-17(20)18(11-14)22-2/h3-11,20H,12H2,1-2H3. The summed E-state index contributed by atoms with van der Waals surface area (Å²) in [6.07, 6.45) is 0. The minimum Gasteiger partial charge on any atom is -0.504 e. The number of phenols is 1. The van der Waals surface area contributed by atoms with Gasteiger partial charge < -0.3 is 14.6 Å². The van der Waals surface area contributed by atoms with Crippen molar-refractivity contribution in [2.75, 3.05) is 14.2 Å². The molecule has 0 aliphatic heterocycles. The molecule has 0 heterocycles. The number of rotatable bonds is 4. The molecule has 22 heavy (non-hydrogen) atoms. The Hall–Kier alpha value is -2.52. The van der Waals surface area contributed by atoms with Crippen molar-refractivity contribution in [3.05, 3.63) is 60.2 Å². The molecule has 112 valence electrons. The number of ether oxygens (including phenoxy) is 2. The molecule has 0 bridgehead atoms. The SMILES string of the molecule is COCc1ccc2ccccc2c1-c1ccc(O)c(OC)c1. The van der Waals surface area contributed by atoms with Gasteiger partial charge in [-0.3, -0.25) is 0 Å². The summed E-state index contributed by atoms with van der Waals surface area (Å²) >= 11 is 0. The molecule has 0 fully saturated rings. The Kier molecular flexibility index (Phi) is 3.98. The summed E-state index contributed by atoms with van der Waals surface area (Å²) in [6.45, 7) is 0.531. The molecule has 1 N–H and O–H groups in total. The number of benzene rings is 3. The van der Waals surface area contributed by atoms with E-state index >= 15 is 0 Å². The summed E-state index contributed by atoms with van der Waals surface area (Å²) in [5.41, 5.74) is 3.21. The van der Waals surface area contributed by atoms with E-state index in [1.807, 2.05) is 24.3 Å². The van der Waals surface area contributed by atoms with Crippen LogP contribution in [0.1, 0.15) is 5.56 Å². The van der Waals surface area contributed by atoms with Crippen LogP contribution in [0.2, 0.25) is 0 Å². The van der Waals surface area contributed by atoms with E-state index in [9.17, 15) is 5.11 Å². The van der Waals surface area contributed by atoms with E-state index in [-0.39, 0.29) is 5.75 Å². The van der Waals surface area contributed by atoms with Crippen LogP contribution in [0, 0.1) is 0 Å². The number of methoxy groups -OCH3 is 2. The zero-order valence-corrected chi connectivity index (χ0v) is 12.7. The largest absolute Gasteiger partial charge is 0.504 e. The normalized spacial score (nSPS) is 10.8. The number of hydrogen-bond donors (Lipinski definition) is 1. The zero-order valence-electron chi connectivity index (χ0n) is 12.7. The van der Waals surface area contributed by atoms with Crippen molar-refractivity contribution in [1.82, 2.24) is 0 Å². The van der Waals surface area contributed by atoms with E-state index in [4.69, 9.17) is 9.47 Å². The second-order valence-electron chi connectivity index (χ2n) is 5.14. The Morgan fingerprint density at radius 2 is 1.77 bits per heavy atom. The molecule has 0 aliphatic rings. The highest BCUT2D eigenvalue weighted by molar-refractivity contribution is 5.98. The molecule has 0 radical (unpaired) electrons. The number of fused-ring (bicyclic) bond motifs is 1. The predicted molar refractivity (Wildman–Crippen MR) is 88.3 cm³/mol. The van der Waals surface area contributed by atoms with E-state index in [0.29, 0.717) is 12.4 Å². The van der Waals surface area contributed by atoms with E-state index in [1.165, 1.54) is 5.39 Å². The average molecular weight is 294 g/mol. The lowest BCUT2D eigenvalue weighted by Gasteiger charge is -2.14. The Balaban J connectivity index is 2.29. The van der Waals surface area contributed by atoms with Crippen molar-refractivity contribution in [1.29, 1.82) is 0 Å². The fourth-order valence-electron chi connectivity index (χ4n) is 2.77. The van der Waals surface area contributed by atoms with Gasteiger partial charge in [-0.05, 0) is 39.6 Å².